The van der Waals surface area contributed by atoms with Crippen molar-refractivity contribution < 1.29 is 19.0 Å². The van der Waals surface area contributed by atoms with E-state index in [-0.39, 0.29) is 12.1 Å². The predicted octanol–water partition coefficient (Wildman–Crippen LogP) is 2.04. The highest BCUT2D eigenvalue weighted by molar-refractivity contribution is 5.89. The molecule has 1 fully saturated rings. The molecule has 1 aromatic carbocycles. The Morgan fingerprint density at radius 3 is 2.80 bits per heavy atom. The summed E-state index contributed by atoms with van der Waals surface area (Å²) < 4.78 is 18.1. The summed E-state index contributed by atoms with van der Waals surface area (Å²) >= 11 is 0. The van der Waals surface area contributed by atoms with Gasteiger partial charge >= 0.3 is 6.03 Å². The van der Waals surface area contributed by atoms with Crippen LogP contribution in [0.4, 0.5) is 10.5 Å². The summed E-state index contributed by atoms with van der Waals surface area (Å²) in [5, 5.41) is 6.89. The first-order chi connectivity index (χ1) is 12.1. The van der Waals surface area contributed by atoms with E-state index >= 15 is 0 Å². The first-order valence-electron chi connectivity index (χ1n) is 7.99. The van der Waals surface area contributed by atoms with Crippen molar-refractivity contribution in [3.63, 3.8) is 0 Å². The number of nitrogens with one attached hydrogen (secondary N) is 1. The van der Waals surface area contributed by atoms with Crippen molar-refractivity contribution in [2.75, 3.05) is 39.2 Å². The number of ether oxygens (including phenoxy) is 3. The summed E-state index contributed by atoms with van der Waals surface area (Å²) in [6.07, 6.45) is 3.15. The van der Waals surface area contributed by atoms with Crippen molar-refractivity contribution in [3.05, 3.63) is 36.2 Å². The molecule has 2 aromatic rings. The molecule has 0 radical (unpaired) electrons. The second kappa shape index (κ2) is 7.43. The Balaban J connectivity index is 1.69. The Labute approximate surface area is 146 Å². The Hall–Kier alpha value is -2.74. The number of carbonyl (C=O) groups is 1. The minimum Gasteiger partial charge on any atom is -0.493 e. The number of urea groups is 1. The molecule has 134 valence electrons. The van der Waals surface area contributed by atoms with Crippen LogP contribution >= 0.6 is 0 Å². The molecular weight excluding hydrogens is 324 g/mol. The molecule has 2 amide bonds. The van der Waals surface area contributed by atoms with Crippen LogP contribution in [0.25, 0.3) is 0 Å². The predicted molar refractivity (Wildman–Crippen MR) is 92.0 cm³/mol. The maximum absolute atomic E-state index is 12.5. The zero-order chi connectivity index (χ0) is 17.8. The molecule has 1 aliphatic heterocycles. The molecule has 8 heteroatoms. The van der Waals surface area contributed by atoms with Crippen molar-refractivity contribution in [1.82, 2.24) is 14.7 Å². The maximum Gasteiger partial charge on any atom is 0.322 e. The van der Waals surface area contributed by atoms with Crippen LogP contribution in [0.2, 0.25) is 0 Å². The number of amides is 2. The van der Waals surface area contributed by atoms with Gasteiger partial charge in [0.05, 0.1) is 39.3 Å². The number of nitrogens with zero attached hydrogens (tertiary/aromatic N) is 3. The largest absolute Gasteiger partial charge is 0.493 e. The fourth-order valence-electron chi connectivity index (χ4n) is 2.78. The van der Waals surface area contributed by atoms with E-state index in [9.17, 15) is 4.79 Å². The Morgan fingerprint density at radius 2 is 2.12 bits per heavy atom. The van der Waals surface area contributed by atoms with Gasteiger partial charge in [-0.15, -0.1) is 0 Å². The van der Waals surface area contributed by atoms with Gasteiger partial charge in [-0.05, 0) is 17.7 Å². The van der Waals surface area contributed by atoms with Crippen LogP contribution in [0.15, 0.2) is 30.6 Å². The summed E-state index contributed by atoms with van der Waals surface area (Å²) in [4.78, 5) is 14.2. The van der Waals surface area contributed by atoms with Gasteiger partial charge < -0.3 is 24.4 Å². The third-order valence-electron chi connectivity index (χ3n) is 4.09. The number of benzene rings is 1. The van der Waals surface area contributed by atoms with Gasteiger partial charge in [0.2, 0.25) is 0 Å². The normalized spacial score (nSPS) is 17.2. The molecule has 1 unspecified atom stereocenters. The second-order valence-electron chi connectivity index (χ2n) is 5.75. The Morgan fingerprint density at radius 1 is 1.32 bits per heavy atom. The van der Waals surface area contributed by atoms with Crippen molar-refractivity contribution in [2.24, 2.45) is 7.05 Å². The molecule has 1 aliphatic rings. The van der Waals surface area contributed by atoms with E-state index in [4.69, 9.17) is 14.2 Å². The second-order valence-corrected chi connectivity index (χ2v) is 5.75. The van der Waals surface area contributed by atoms with Gasteiger partial charge in [0.25, 0.3) is 0 Å². The molecular formula is C17H22N4O4. The van der Waals surface area contributed by atoms with Crippen molar-refractivity contribution in [3.8, 4) is 11.5 Å². The smallest absolute Gasteiger partial charge is 0.322 e. The molecule has 8 nitrogen and oxygen atoms in total. The van der Waals surface area contributed by atoms with E-state index in [0.717, 1.165) is 5.56 Å². The lowest BCUT2D eigenvalue weighted by Crippen LogP contribution is -2.44. The fourth-order valence-corrected chi connectivity index (χ4v) is 2.78. The van der Waals surface area contributed by atoms with E-state index in [0.29, 0.717) is 36.9 Å². The van der Waals surface area contributed by atoms with Gasteiger partial charge in [0.15, 0.2) is 11.5 Å². The van der Waals surface area contributed by atoms with Crippen LogP contribution in [0.3, 0.4) is 0 Å². The number of rotatable bonds is 4. The number of hydrogen-bond donors (Lipinski definition) is 1. The quantitative estimate of drug-likeness (QED) is 0.917. The number of morpholine rings is 1. The lowest BCUT2D eigenvalue weighted by atomic mass is 10.1. The highest BCUT2D eigenvalue weighted by Crippen LogP contribution is 2.32. The number of carbonyl (C=O) groups excluding carboxylic acids is 1. The van der Waals surface area contributed by atoms with E-state index < -0.39 is 0 Å². The van der Waals surface area contributed by atoms with Crippen molar-refractivity contribution in [2.45, 2.75) is 6.10 Å². The average molecular weight is 346 g/mol. The standard InChI is InChI=1S/C17H22N4O4/c1-20-10-13(9-18-20)19-17(22)21-6-7-25-16(11-21)12-4-5-14(23-2)15(8-12)24-3/h4-5,8-10,16H,6-7,11H2,1-3H3,(H,19,22). The monoisotopic (exact) mass is 346 g/mol. The number of methoxy groups -OCH3 is 2. The van der Waals surface area contributed by atoms with Gasteiger partial charge in [-0.25, -0.2) is 4.79 Å². The lowest BCUT2D eigenvalue weighted by Gasteiger charge is -2.33. The van der Waals surface area contributed by atoms with Gasteiger partial charge in [-0.1, -0.05) is 6.07 Å². The first kappa shape index (κ1) is 17.1. The summed E-state index contributed by atoms with van der Waals surface area (Å²) in [6, 6.07) is 5.48. The van der Waals surface area contributed by atoms with E-state index in [1.165, 1.54) is 0 Å². The molecule has 3 rings (SSSR count). The SMILES string of the molecule is COc1ccc(C2CN(C(=O)Nc3cnn(C)c3)CCO2)cc1OC. The Bertz CT molecular complexity index is 746. The van der Waals surface area contributed by atoms with E-state index in [1.54, 1.807) is 43.2 Å². The minimum absolute atomic E-state index is 0.165. The van der Waals surface area contributed by atoms with Gasteiger partial charge in [-0.3, -0.25) is 4.68 Å². The fraction of sp³-hybridized carbons (Fsp3) is 0.412. The molecule has 25 heavy (non-hydrogen) atoms. The molecule has 1 atom stereocenters. The number of aromatic nitrogens is 2. The third-order valence-corrected chi connectivity index (χ3v) is 4.09. The van der Waals surface area contributed by atoms with Crippen LogP contribution in [-0.4, -0.2) is 54.6 Å². The van der Waals surface area contributed by atoms with Gasteiger partial charge in [0, 0.05) is 19.8 Å². The molecule has 1 saturated heterocycles. The lowest BCUT2D eigenvalue weighted by molar-refractivity contribution is -0.0136. The van der Waals surface area contributed by atoms with Crippen LogP contribution in [0, 0.1) is 0 Å². The molecule has 0 saturated carbocycles. The van der Waals surface area contributed by atoms with Crippen LogP contribution in [0.1, 0.15) is 11.7 Å². The third kappa shape index (κ3) is 3.85. The van der Waals surface area contributed by atoms with Crippen LogP contribution in [0.5, 0.6) is 11.5 Å². The summed E-state index contributed by atoms with van der Waals surface area (Å²) in [6.45, 7) is 1.47. The minimum atomic E-state index is -0.215. The number of aryl methyl sites for hydroxylation is 1. The molecule has 2 heterocycles. The number of hydrogen-bond acceptors (Lipinski definition) is 5. The van der Waals surface area contributed by atoms with E-state index in [2.05, 4.69) is 10.4 Å². The zero-order valence-electron chi connectivity index (χ0n) is 14.6. The molecule has 0 bridgehead atoms. The Kier molecular flexibility index (Phi) is 5.08. The summed E-state index contributed by atoms with van der Waals surface area (Å²) in [7, 11) is 4.99. The van der Waals surface area contributed by atoms with Crippen LogP contribution < -0.4 is 14.8 Å². The maximum atomic E-state index is 12.5. The zero-order valence-corrected chi connectivity index (χ0v) is 14.6. The highest BCUT2D eigenvalue weighted by atomic mass is 16.5. The van der Waals surface area contributed by atoms with Gasteiger partial charge in [-0.2, -0.15) is 5.10 Å². The van der Waals surface area contributed by atoms with Crippen molar-refractivity contribution in [1.29, 1.82) is 0 Å². The topological polar surface area (TPSA) is 77.9 Å². The average Bonchev–Trinajstić information content (AvgIpc) is 3.05. The summed E-state index contributed by atoms with van der Waals surface area (Å²) in [5.74, 6) is 1.30. The van der Waals surface area contributed by atoms with Gasteiger partial charge in [0.1, 0.15) is 6.10 Å². The number of anilines is 1. The molecule has 1 N–H and O–H groups in total. The van der Waals surface area contributed by atoms with Crippen molar-refractivity contribution >= 4 is 11.7 Å². The molecule has 0 spiro atoms. The molecule has 0 aliphatic carbocycles. The first-order valence-corrected chi connectivity index (χ1v) is 7.99. The molecule has 1 aromatic heterocycles. The summed E-state index contributed by atoms with van der Waals surface area (Å²) in [5.41, 5.74) is 1.61. The van der Waals surface area contributed by atoms with E-state index in [1.807, 2.05) is 18.2 Å². The van der Waals surface area contributed by atoms with Crippen LogP contribution in [-0.2, 0) is 11.8 Å². The highest BCUT2D eigenvalue weighted by Gasteiger charge is 2.26.